The summed E-state index contributed by atoms with van der Waals surface area (Å²) in [5, 5.41) is 5.71. The molecule has 0 bridgehead atoms. The summed E-state index contributed by atoms with van der Waals surface area (Å²) >= 11 is 0. The average Bonchev–Trinajstić information content (AvgIpc) is 3.14. The minimum Gasteiger partial charge on any atom is -0.454 e. The zero-order chi connectivity index (χ0) is 21.9. The molecule has 2 aromatic rings. The summed E-state index contributed by atoms with van der Waals surface area (Å²) in [4.78, 5) is 27.4. The number of nitrogens with one attached hydrogen (secondary N) is 2. The van der Waals surface area contributed by atoms with Gasteiger partial charge in [0, 0.05) is 17.8 Å². The van der Waals surface area contributed by atoms with Gasteiger partial charge in [-0.05, 0) is 43.7 Å². The third-order valence-corrected chi connectivity index (χ3v) is 5.38. The Bertz CT molecular complexity index is 936. The highest BCUT2D eigenvalue weighted by atomic mass is 16.7. The van der Waals surface area contributed by atoms with Crippen molar-refractivity contribution < 1.29 is 19.1 Å². The lowest BCUT2D eigenvalue weighted by atomic mass is 9.87. The van der Waals surface area contributed by atoms with Gasteiger partial charge in [0.15, 0.2) is 11.5 Å². The summed E-state index contributed by atoms with van der Waals surface area (Å²) in [5.41, 5.74) is 1.49. The van der Waals surface area contributed by atoms with Crippen LogP contribution in [0.3, 0.4) is 0 Å². The fourth-order valence-corrected chi connectivity index (χ4v) is 3.18. The van der Waals surface area contributed by atoms with Crippen LogP contribution >= 0.6 is 0 Å². The van der Waals surface area contributed by atoms with E-state index in [2.05, 4.69) is 38.3 Å². The number of carbonyl (C=O) groups is 2. The molecule has 3 rings (SSSR count). The smallest absolute Gasteiger partial charge is 0.257 e. The molecule has 30 heavy (non-hydrogen) atoms. The molecule has 0 radical (unpaired) electrons. The van der Waals surface area contributed by atoms with E-state index in [0.29, 0.717) is 28.4 Å². The van der Waals surface area contributed by atoms with E-state index in [1.807, 2.05) is 11.9 Å². The molecule has 1 atom stereocenters. The molecule has 0 aliphatic carbocycles. The molecule has 0 saturated heterocycles. The molecule has 7 heteroatoms. The molecule has 1 aliphatic rings. The van der Waals surface area contributed by atoms with Crippen molar-refractivity contribution in [1.29, 1.82) is 0 Å². The van der Waals surface area contributed by atoms with Crippen molar-refractivity contribution in [1.82, 2.24) is 4.90 Å². The van der Waals surface area contributed by atoms with Crippen molar-refractivity contribution in [3.8, 4) is 11.5 Å². The number of ether oxygens (including phenoxy) is 2. The predicted octanol–water partition coefficient (Wildman–Crippen LogP) is 3.97. The number of fused-ring (bicyclic) bond motifs is 1. The van der Waals surface area contributed by atoms with Crippen molar-refractivity contribution >= 4 is 23.2 Å². The van der Waals surface area contributed by atoms with Crippen molar-refractivity contribution in [2.45, 2.75) is 33.7 Å². The second kappa shape index (κ2) is 8.75. The van der Waals surface area contributed by atoms with Gasteiger partial charge in [-0.3, -0.25) is 14.5 Å². The number of benzene rings is 2. The molecule has 1 heterocycles. The van der Waals surface area contributed by atoms with Crippen LogP contribution in [0, 0.1) is 5.41 Å². The van der Waals surface area contributed by atoms with Gasteiger partial charge in [-0.2, -0.15) is 0 Å². The zero-order valence-electron chi connectivity index (χ0n) is 18.1. The Kier molecular flexibility index (Phi) is 6.31. The molecule has 2 N–H and O–H groups in total. The molecule has 0 fully saturated rings. The lowest BCUT2D eigenvalue weighted by molar-refractivity contribution is -0.117. The second-order valence-corrected chi connectivity index (χ2v) is 8.57. The SMILES string of the molecule is CC(N(C)CC(=O)Nc1ccccc1C(=O)Nc1ccc2c(c1)OCO2)C(C)(C)C. The summed E-state index contributed by atoms with van der Waals surface area (Å²) in [7, 11) is 1.92. The van der Waals surface area contributed by atoms with E-state index in [-0.39, 0.29) is 36.6 Å². The monoisotopic (exact) mass is 411 g/mol. The molecule has 1 unspecified atom stereocenters. The number of hydrogen-bond acceptors (Lipinski definition) is 5. The summed E-state index contributed by atoms with van der Waals surface area (Å²) in [6.07, 6.45) is 0. The van der Waals surface area contributed by atoms with E-state index in [1.165, 1.54) is 0 Å². The third-order valence-electron chi connectivity index (χ3n) is 5.38. The van der Waals surface area contributed by atoms with Crippen LogP contribution in [0.1, 0.15) is 38.1 Å². The first-order valence-electron chi connectivity index (χ1n) is 9.95. The molecular formula is C23H29N3O4. The van der Waals surface area contributed by atoms with Crippen molar-refractivity contribution in [3.63, 3.8) is 0 Å². The first-order valence-corrected chi connectivity index (χ1v) is 9.95. The number of para-hydroxylation sites is 1. The van der Waals surface area contributed by atoms with Gasteiger partial charge in [-0.1, -0.05) is 32.9 Å². The Hall–Kier alpha value is -3.06. The van der Waals surface area contributed by atoms with Crippen molar-refractivity contribution in [3.05, 3.63) is 48.0 Å². The van der Waals surface area contributed by atoms with E-state index in [9.17, 15) is 9.59 Å². The Morgan fingerprint density at radius 3 is 2.50 bits per heavy atom. The van der Waals surface area contributed by atoms with Gasteiger partial charge in [-0.25, -0.2) is 0 Å². The number of likely N-dealkylation sites (N-methyl/N-ethyl adjacent to an activating group) is 1. The fourth-order valence-electron chi connectivity index (χ4n) is 3.18. The van der Waals surface area contributed by atoms with Crippen LogP contribution in [0.25, 0.3) is 0 Å². The van der Waals surface area contributed by atoms with Gasteiger partial charge < -0.3 is 20.1 Å². The van der Waals surface area contributed by atoms with E-state index in [4.69, 9.17) is 9.47 Å². The van der Waals surface area contributed by atoms with Crippen LogP contribution in [-0.2, 0) is 4.79 Å². The zero-order valence-corrected chi connectivity index (χ0v) is 18.1. The number of amides is 2. The number of nitrogens with zero attached hydrogens (tertiary/aromatic N) is 1. The third kappa shape index (κ3) is 5.10. The number of carbonyl (C=O) groups excluding carboxylic acids is 2. The van der Waals surface area contributed by atoms with Crippen molar-refractivity contribution in [2.75, 3.05) is 31.0 Å². The predicted molar refractivity (Wildman–Crippen MR) is 117 cm³/mol. The van der Waals surface area contributed by atoms with Gasteiger partial charge in [-0.15, -0.1) is 0 Å². The minimum absolute atomic E-state index is 0.0530. The van der Waals surface area contributed by atoms with Gasteiger partial charge >= 0.3 is 0 Å². The molecule has 2 amide bonds. The largest absolute Gasteiger partial charge is 0.454 e. The lowest BCUT2D eigenvalue weighted by Crippen LogP contribution is -2.43. The lowest BCUT2D eigenvalue weighted by Gasteiger charge is -2.34. The number of anilines is 2. The van der Waals surface area contributed by atoms with E-state index >= 15 is 0 Å². The van der Waals surface area contributed by atoms with Crippen molar-refractivity contribution in [2.24, 2.45) is 5.41 Å². The van der Waals surface area contributed by atoms with E-state index in [0.717, 1.165) is 0 Å². The van der Waals surface area contributed by atoms with Crippen LogP contribution in [0.4, 0.5) is 11.4 Å². The maximum Gasteiger partial charge on any atom is 0.257 e. The standard InChI is InChI=1S/C23H29N3O4/c1-15(23(2,3)4)26(5)13-21(27)25-18-9-7-6-8-17(18)22(28)24-16-10-11-19-20(12-16)30-14-29-19/h6-12,15H,13-14H2,1-5H3,(H,24,28)(H,25,27). The summed E-state index contributed by atoms with van der Waals surface area (Å²) in [6.45, 7) is 8.92. The molecule has 7 nitrogen and oxygen atoms in total. The summed E-state index contributed by atoms with van der Waals surface area (Å²) in [6, 6.07) is 12.4. The van der Waals surface area contributed by atoms with E-state index < -0.39 is 0 Å². The number of rotatable bonds is 6. The van der Waals surface area contributed by atoms with Crippen LogP contribution < -0.4 is 20.1 Å². The second-order valence-electron chi connectivity index (χ2n) is 8.57. The van der Waals surface area contributed by atoms with E-state index in [1.54, 1.807) is 42.5 Å². The highest BCUT2D eigenvalue weighted by Crippen LogP contribution is 2.34. The molecule has 0 aromatic heterocycles. The molecule has 2 aromatic carbocycles. The summed E-state index contributed by atoms with van der Waals surface area (Å²) < 4.78 is 10.6. The Morgan fingerprint density at radius 2 is 1.77 bits per heavy atom. The fraction of sp³-hybridized carbons (Fsp3) is 0.391. The molecule has 0 saturated carbocycles. The summed E-state index contributed by atoms with van der Waals surface area (Å²) in [5.74, 6) is 0.748. The van der Waals surface area contributed by atoms with Crippen LogP contribution in [-0.4, -0.2) is 43.1 Å². The maximum atomic E-state index is 12.8. The Labute approximate surface area is 177 Å². The number of hydrogen-bond donors (Lipinski definition) is 2. The first-order chi connectivity index (χ1) is 14.1. The Balaban J connectivity index is 1.68. The quantitative estimate of drug-likeness (QED) is 0.752. The van der Waals surface area contributed by atoms with Gasteiger partial charge in [0.05, 0.1) is 17.8 Å². The normalized spacial score (nSPS) is 13.8. The highest BCUT2D eigenvalue weighted by molar-refractivity contribution is 6.10. The topological polar surface area (TPSA) is 79.9 Å². The molecule has 1 aliphatic heterocycles. The molecule has 0 spiro atoms. The Morgan fingerprint density at radius 1 is 1.07 bits per heavy atom. The highest BCUT2D eigenvalue weighted by Gasteiger charge is 2.25. The van der Waals surface area contributed by atoms with Gasteiger partial charge in [0.25, 0.3) is 5.91 Å². The molecule has 160 valence electrons. The first kappa shape index (κ1) is 21.6. The van der Waals surface area contributed by atoms with Crippen LogP contribution in [0.5, 0.6) is 11.5 Å². The maximum absolute atomic E-state index is 12.8. The van der Waals surface area contributed by atoms with Crippen LogP contribution in [0.15, 0.2) is 42.5 Å². The van der Waals surface area contributed by atoms with Crippen LogP contribution in [0.2, 0.25) is 0 Å². The molecular weight excluding hydrogens is 382 g/mol. The van der Waals surface area contributed by atoms with Gasteiger partial charge in [0.1, 0.15) is 0 Å². The average molecular weight is 412 g/mol. The minimum atomic E-state index is -0.318. The van der Waals surface area contributed by atoms with Gasteiger partial charge in [0.2, 0.25) is 12.7 Å².